The predicted octanol–water partition coefficient (Wildman–Crippen LogP) is 4.46. The Kier molecular flexibility index (Phi) is 9.35. The van der Waals surface area contributed by atoms with Crippen LogP contribution in [0.1, 0.15) is 72.9 Å². The highest BCUT2D eigenvalue weighted by Gasteiger charge is 2.22. The van der Waals surface area contributed by atoms with E-state index in [1.165, 1.54) is 69.2 Å². The molecule has 2 heterocycles. The maximum atomic E-state index is 12.5. The molecule has 0 bridgehead atoms. The average molecular weight is 415 g/mol. The van der Waals surface area contributed by atoms with Crippen LogP contribution in [-0.4, -0.2) is 66.6 Å². The minimum Gasteiger partial charge on any atom is -0.395 e. The normalized spacial score (nSPS) is 20.0. The molecule has 0 atom stereocenters. The standard InChI is InChI=1S/C26H42N2O2/c1-21-6-7-25(20-22(21)2)26(30)12-17-27-13-8-23(9-14-27)4-3-5-24-10-15-28(16-11-24)18-19-29/h6-7,20,23-24,29H,3-5,8-19H2,1-2H3. The summed E-state index contributed by atoms with van der Waals surface area (Å²) < 4.78 is 0. The Hall–Kier alpha value is -1.23. The minimum atomic E-state index is 0.283. The van der Waals surface area contributed by atoms with Gasteiger partial charge in [-0.05, 0) is 94.7 Å². The lowest BCUT2D eigenvalue weighted by atomic mass is 9.87. The number of hydrogen-bond donors (Lipinski definition) is 1. The number of hydrogen-bond acceptors (Lipinski definition) is 4. The summed E-state index contributed by atoms with van der Waals surface area (Å²) in [5.41, 5.74) is 3.33. The Morgan fingerprint density at radius 2 is 1.47 bits per heavy atom. The Morgan fingerprint density at radius 3 is 2.00 bits per heavy atom. The van der Waals surface area contributed by atoms with Crippen molar-refractivity contribution in [3.63, 3.8) is 0 Å². The third kappa shape index (κ3) is 7.18. The highest BCUT2D eigenvalue weighted by molar-refractivity contribution is 5.96. The van der Waals surface area contributed by atoms with Crippen LogP contribution < -0.4 is 0 Å². The highest BCUT2D eigenvalue weighted by Crippen LogP contribution is 2.27. The number of likely N-dealkylation sites (tertiary alicyclic amines) is 2. The summed E-state index contributed by atoms with van der Waals surface area (Å²) in [6, 6.07) is 6.08. The van der Waals surface area contributed by atoms with Crippen molar-refractivity contribution in [2.24, 2.45) is 11.8 Å². The summed E-state index contributed by atoms with van der Waals surface area (Å²) in [4.78, 5) is 17.4. The lowest BCUT2D eigenvalue weighted by Gasteiger charge is -2.33. The number of carbonyl (C=O) groups excluding carboxylic acids is 1. The molecule has 30 heavy (non-hydrogen) atoms. The summed E-state index contributed by atoms with van der Waals surface area (Å²) >= 11 is 0. The molecule has 2 saturated heterocycles. The fraction of sp³-hybridized carbons (Fsp3) is 0.731. The van der Waals surface area contributed by atoms with Gasteiger partial charge in [-0.25, -0.2) is 0 Å². The van der Waals surface area contributed by atoms with Crippen LogP contribution in [0.3, 0.4) is 0 Å². The number of aliphatic hydroxyl groups excluding tert-OH is 1. The zero-order valence-corrected chi connectivity index (χ0v) is 19.2. The molecule has 4 heteroatoms. The molecule has 0 saturated carbocycles. The van der Waals surface area contributed by atoms with Gasteiger partial charge in [-0.2, -0.15) is 0 Å². The van der Waals surface area contributed by atoms with Gasteiger partial charge in [-0.1, -0.05) is 31.4 Å². The molecule has 2 aliphatic rings. The first-order chi connectivity index (χ1) is 14.5. The molecule has 0 aliphatic carbocycles. The van der Waals surface area contributed by atoms with Crippen molar-refractivity contribution >= 4 is 5.78 Å². The Labute approximate surface area is 183 Å². The van der Waals surface area contributed by atoms with E-state index < -0.39 is 0 Å². The molecule has 1 aromatic carbocycles. The molecule has 168 valence electrons. The topological polar surface area (TPSA) is 43.8 Å². The van der Waals surface area contributed by atoms with Gasteiger partial charge in [-0.3, -0.25) is 4.79 Å². The highest BCUT2D eigenvalue weighted by atomic mass is 16.3. The second-order valence-corrected chi connectivity index (χ2v) is 9.70. The zero-order valence-electron chi connectivity index (χ0n) is 19.2. The first kappa shape index (κ1) is 23.4. The SMILES string of the molecule is Cc1ccc(C(=O)CCN2CCC(CCCC3CCN(CCO)CC3)CC2)cc1C. The van der Waals surface area contributed by atoms with Crippen LogP contribution >= 0.6 is 0 Å². The molecule has 2 fully saturated rings. The molecule has 0 aromatic heterocycles. The average Bonchev–Trinajstić information content (AvgIpc) is 2.76. The van der Waals surface area contributed by atoms with Crippen molar-refractivity contribution in [2.45, 2.75) is 65.2 Å². The summed E-state index contributed by atoms with van der Waals surface area (Å²) in [5, 5.41) is 9.06. The van der Waals surface area contributed by atoms with Crippen LogP contribution in [0, 0.1) is 25.7 Å². The first-order valence-corrected chi connectivity index (χ1v) is 12.2. The molecule has 0 radical (unpaired) electrons. The molecule has 2 aliphatic heterocycles. The van der Waals surface area contributed by atoms with Gasteiger partial charge in [0.05, 0.1) is 6.61 Å². The summed E-state index contributed by atoms with van der Waals surface area (Å²) in [7, 11) is 0. The molecule has 1 N–H and O–H groups in total. The largest absolute Gasteiger partial charge is 0.395 e. The van der Waals surface area contributed by atoms with E-state index in [0.29, 0.717) is 13.0 Å². The number of piperidine rings is 2. The van der Waals surface area contributed by atoms with Gasteiger partial charge < -0.3 is 14.9 Å². The molecule has 0 spiro atoms. The number of β-amino-alcohol motifs (C(OH)–C–C–N with tert-alkyl or cyclic N) is 1. The van der Waals surface area contributed by atoms with Crippen molar-refractivity contribution in [1.29, 1.82) is 0 Å². The zero-order chi connectivity index (χ0) is 21.3. The van der Waals surface area contributed by atoms with Crippen LogP contribution in [0.15, 0.2) is 18.2 Å². The van der Waals surface area contributed by atoms with Gasteiger partial charge in [0, 0.05) is 25.1 Å². The van der Waals surface area contributed by atoms with Crippen LogP contribution in [-0.2, 0) is 0 Å². The number of carbonyl (C=O) groups is 1. The summed E-state index contributed by atoms with van der Waals surface area (Å²) in [6.07, 6.45) is 10.0. The number of nitrogens with zero attached hydrogens (tertiary/aromatic N) is 2. The molecular weight excluding hydrogens is 372 g/mol. The molecular formula is C26H42N2O2. The van der Waals surface area contributed by atoms with E-state index in [4.69, 9.17) is 5.11 Å². The van der Waals surface area contributed by atoms with Crippen molar-refractivity contribution in [3.8, 4) is 0 Å². The van der Waals surface area contributed by atoms with Gasteiger partial charge in [0.25, 0.3) is 0 Å². The molecule has 4 nitrogen and oxygen atoms in total. The Bertz CT molecular complexity index is 659. The third-order valence-electron chi connectivity index (χ3n) is 7.54. The Morgan fingerprint density at radius 1 is 0.900 bits per heavy atom. The molecule has 0 unspecified atom stereocenters. The molecule has 3 rings (SSSR count). The number of rotatable bonds is 10. The third-order valence-corrected chi connectivity index (χ3v) is 7.54. The fourth-order valence-electron chi connectivity index (χ4n) is 5.15. The minimum absolute atomic E-state index is 0.283. The van der Waals surface area contributed by atoms with Gasteiger partial charge in [-0.15, -0.1) is 0 Å². The fourth-order valence-corrected chi connectivity index (χ4v) is 5.15. The van der Waals surface area contributed by atoms with E-state index in [2.05, 4.69) is 29.7 Å². The van der Waals surface area contributed by atoms with Crippen molar-refractivity contribution in [1.82, 2.24) is 9.80 Å². The van der Waals surface area contributed by atoms with Gasteiger partial charge >= 0.3 is 0 Å². The summed E-state index contributed by atoms with van der Waals surface area (Å²) in [6.45, 7) is 10.9. The van der Waals surface area contributed by atoms with Gasteiger partial charge in [0.15, 0.2) is 5.78 Å². The van der Waals surface area contributed by atoms with E-state index in [-0.39, 0.29) is 5.78 Å². The lowest BCUT2D eigenvalue weighted by molar-refractivity contribution is 0.0948. The maximum absolute atomic E-state index is 12.5. The number of Topliss-reactive ketones (excluding diaryl/α,β-unsaturated/α-hetero) is 1. The maximum Gasteiger partial charge on any atom is 0.164 e. The Balaban J connectivity index is 1.27. The lowest BCUT2D eigenvalue weighted by Crippen LogP contribution is -2.36. The number of aliphatic hydroxyl groups is 1. The number of aryl methyl sites for hydroxylation is 2. The van der Waals surface area contributed by atoms with E-state index in [1.54, 1.807) is 0 Å². The van der Waals surface area contributed by atoms with Crippen molar-refractivity contribution in [3.05, 3.63) is 34.9 Å². The smallest absolute Gasteiger partial charge is 0.164 e. The van der Waals surface area contributed by atoms with E-state index in [0.717, 1.165) is 43.6 Å². The van der Waals surface area contributed by atoms with Crippen LogP contribution in [0.25, 0.3) is 0 Å². The van der Waals surface area contributed by atoms with Crippen molar-refractivity contribution < 1.29 is 9.90 Å². The van der Waals surface area contributed by atoms with Crippen LogP contribution in [0.2, 0.25) is 0 Å². The number of benzene rings is 1. The quantitative estimate of drug-likeness (QED) is 0.574. The molecule has 1 aromatic rings. The second-order valence-electron chi connectivity index (χ2n) is 9.70. The van der Waals surface area contributed by atoms with Crippen LogP contribution in [0.5, 0.6) is 0 Å². The first-order valence-electron chi connectivity index (χ1n) is 12.2. The van der Waals surface area contributed by atoms with E-state index >= 15 is 0 Å². The van der Waals surface area contributed by atoms with Gasteiger partial charge in [0.1, 0.15) is 0 Å². The monoisotopic (exact) mass is 414 g/mol. The summed E-state index contributed by atoms with van der Waals surface area (Å²) in [5.74, 6) is 2.06. The predicted molar refractivity (Wildman–Crippen MR) is 124 cm³/mol. The van der Waals surface area contributed by atoms with E-state index in [1.807, 2.05) is 12.1 Å². The van der Waals surface area contributed by atoms with Gasteiger partial charge in [0.2, 0.25) is 0 Å². The van der Waals surface area contributed by atoms with Crippen LogP contribution in [0.4, 0.5) is 0 Å². The second kappa shape index (κ2) is 12.0. The van der Waals surface area contributed by atoms with E-state index in [9.17, 15) is 4.79 Å². The van der Waals surface area contributed by atoms with Crippen molar-refractivity contribution in [2.75, 3.05) is 45.9 Å². The molecule has 0 amide bonds. The number of ketones is 1.